The van der Waals surface area contributed by atoms with Crippen molar-refractivity contribution in [3.05, 3.63) is 30.3 Å². The first kappa shape index (κ1) is 14.1. The molecule has 0 aliphatic carbocycles. The van der Waals surface area contributed by atoms with Crippen LogP contribution in [0.2, 0.25) is 18.1 Å². The Bertz CT molecular complexity index is 463. The number of anilines is 1. The molecule has 0 saturated heterocycles. The van der Waals surface area contributed by atoms with E-state index in [0.29, 0.717) is 0 Å². The molecule has 0 saturated carbocycles. The highest BCUT2D eigenvalue weighted by molar-refractivity contribution is 6.75. The van der Waals surface area contributed by atoms with Crippen LogP contribution in [0.25, 0.3) is 0 Å². The molecule has 4 heteroatoms. The molecule has 0 unspecified atom stereocenters. The molecule has 104 valence electrons. The SMILES string of the molecule is CC(C)(C)[Si](C)(C)OC1=NN(c2ccccc2)CC1. The van der Waals surface area contributed by atoms with E-state index in [0.717, 1.165) is 24.6 Å². The predicted molar refractivity (Wildman–Crippen MR) is 84.1 cm³/mol. The molecule has 1 aromatic rings. The first-order valence-corrected chi connectivity index (χ1v) is 9.79. The van der Waals surface area contributed by atoms with Gasteiger partial charge < -0.3 is 4.43 Å². The molecule has 0 aromatic heterocycles. The number of hydrazone groups is 1. The lowest BCUT2D eigenvalue weighted by atomic mass is 10.2. The summed E-state index contributed by atoms with van der Waals surface area (Å²) in [7, 11) is -1.76. The van der Waals surface area contributed by atoms with Crippen LogP contribution in [-0.2, 0) is 4.43 Å². The average Bonchev–Trinajstić information content (AvgIpc) is 2.76. The second-order valence-corrected chi connectivity index (χ2v) is 11.3. The number of nitrogens with zero attached hydrogens (tertiary/aromatic N) is 2. The molecule has 0 fully saturated rings. The van der Waals surface area contributed by atoms with Crippen molar-refractivity contribution in [2.45, 2.75) is 45.3 Å². The van der Waals surface area contributed by atoms with E-state index >= 15 is 0 Å². The monoisotopic (exact) mass is 276 g/mol. The van der Waals surface area contributed by atoms with Gasteiger partial charge in [-0.25, -0.2) is 0 Å². The minimum atomic E-state index is -1.76. The Hall–Kier alpha value is -1.29. The molecular weight excluding hydrogens is 252 g/mol. The van der Waals surface area contributed by atoms with Gasteiger partial charge in [0.05, 0.1) is 12.2 Å². The Morgan fingerprint density at radius 1 is 1.16 bits per heavy atom. The van der Waals surface area contributed by atoms with E-state index in [2.05, 4.69) is 51.1 Å². The quantitative estimate of drug-likeness (QED) is 0.755. The van der Waals surface area contributed by atoms with Crippen molar-refractivity contribution in [2.75, 3.05) is 11.6 Å². The third-order valence-corrected chi connectivity index (χ3v) is 8.36. The van der Waals surface area contributed by atoms with Gasteiger partial charge in [0.25, 0.3) is 8.32 Å². The van der Waals surface area contributed by atoms with Crippen LogP contribution in [0.4, 0.5) is 5.69 Å². The molecule has 1 heterocycles. The summed E-state index contributed by atoms with van der Waals surface area (Å²) in [6.07, 6.45) is 0.904. The largest absolute Gasteiger partial charge is 0.533 e. The topological polar surface area (TPSA) is 24.8 Å². The highest BCUT2D eigenvalue weighted by Gasteiger charge is 2.40. The second-order valence-electron chi connectivity index (χ2n) is 6.56. The fourth-order valence-electron chi connectivity index (χ4n) is 1.74. The van der Waals surface area contributed by atoms with E-state index in [-0.39, 0.29) is 5.04 Å². The molecular formula is C15H24N2OSi. The summed E-state index contributed by atoms with van der Waals surface area (Å²) in [4.78, 5) is 0. The lowest BCUT2D eigenvalue weighted by Crippen LogP contribution is -2.42. The number of benzene rings is 1. The predicted octanol–water partition coefficient (Wildman–Crippen LogP) is 4.23. The zero-order valence-corrected chi connectivity index (χ0v) is 13.6. The van der Waals surface area contributed by atoms with Crippen molar-refractivity contribution in [3.8, 4) is 0 Å². The molecule has 3 nitrogen and oxygen atoms in total. The molecule has 0 bridgehead atoms. The number of para-hydroxylation sites is 1. The zero-order valence-electron chi connectivity index (χ0n) is 12.6. The standard InChI is InChI=1S/C15H24N2OSi/c1-15(2,3)19(4,5)18-14-11-12-17(16-14)13-9-7-6-8-10-13/h6-10H,11-12H2,1-5H3. The summed E-state index contributed by atoms with van der Waals surface area (Å²) in [5.74, 6) is 0.899. The van der Waals surface area contributed by atoms with Gasteiger partial charge >= 0.3 is 0 Å². The maximum atomic E-state index is 6.26. The lowest BCUT2D eigenvalue weighted by Gasteiger charge is -2.36. The Morgan fingerprint density at radius 3 is 2.37 bits per heavy atom. The van der Waals surface area contributed by atoms with Gasteiger partial charge in [-0.1, -0.05) is 39.0 Å². The van der Waals surface area contributed by atoms with Crippen molar-refractivity contribution in [3.63, 3.8) is 0 Å². The van der Waals surface area contributed by atoms with Crippen LogP contribution in [-0.4, -0.2) is 20.8 Å². The normalized spacial score (nSPS) is 16.5. The molecule has 0 N–H and O–H groups in total. The van der Waals surface area contributed by atoms with Gasteiger partial charge in [0, 0.05) is 6.42 Å². The summed E-state index contributed by atoms with van der Waals surface area (Å²) in [5, 5.41) is 6.87. The molecule has 0 radical (unpaired) electrons. The number of hydrogen-bond donors (Lipinski definition) is 0. The third-order valence-electron chi connectivity index (χ3n) is 4.00. The molecule has 0 atom stereocenters. The van der Waals surface area contributed by atoms with Crippen LogP contribution >= 0.6 is 0 Å². The fraction of sp³-hybridized carbons (Fsp3) is 0.533. The van der Waals surface area contributed by atoms with Crippen molar-refractivity contribution < 1.29 is 4.43 Å². The Morgan fingerprint density at radius 2 is 1.79 bits per heavy atom. The molecule has 0 spiro atoms. The third kappa shape index (κ3) is 3.18. The van der Waals surface area contributed by atoms with Crippen LogP contribution in [0.1, 0.15) is 27.2 Å². The first-order chi connectivity index (χ1) is 8.79. The van der Waals surface area contributed by atoms with Crippen molar-refractivity contribution in [1.82, 2.24) is 0 Å². The molecule has 1 aliphatic heterocycles. The first-order valence-electron chi connectivity index (χ1n) is 6.89. The van der Waals surface area contributed by atoms with E-state index < -0.39 is 8.32 Å². The summed E-state index contributed by atoms with van der Waals surface area (Å²) in [5.41, 5.74) is 1.14. The Labute approximate surface area is 117 Å². The molecule has 0 amide bonds. The average molecular weight is 276 g/mol. The van der Waals surface area contributed by atoms with Crippen molar-refractivity contribution in [1.29, 1.82) is 0 Å². The fourth-order valence-corrected chi connectivity index (χ4v) is 2.78. The van der Waals surface area contributed by atoms with Gasteiger partial charge in [-0.05, 0) is 30.3 Å². The summed E-state index contributed by atoms with van der Waals surface area (Å²) in [6, 6.07) is 10.3. The second kappa shape index (κ2) is 5.00. The number of rotatable bonds is 2. The van der Waals surface area contributed by atoms with E-state index in [4.69, 9.17) is 4.43 Å². The Balaban J connectivity index is 2.08. The van der Waals surface area contributed by atoms with Crippen molar-refractivity contribution >= 4 is 19.9 Å². The highest BCUT2D eigenvalue weighted by Crippen LogP contribution is 2.37. The van der Waals surface area contributed by atoms with Gasteiger partial charge in [-0.3, -0.25) is 5.01 Å². The molecule has 19 heavy (non-hydrogen) atoms. The smallest absolute Gasteiger partial charge is 0.252 e. The van der Waals surface area contributed by atoms with Gasteiger partial charge in [-0.15, -0.1) is 5.10 Å². The number of hydrogen-bond acceptors (Lipinski definition) is 3. The molecule has 1 aromatic carbocycles. The summed E-state index contributed by atoms with van der Waals surface area (Å²) < 4.78 is 6.26. The van der Waals surface area contributed by atoms with Gasteiger partial charge in [0.1, 0.15) is 0 Å². The van der Waals surface area contributed by atoms with Crippen LogP contribution in [0, 0.1) is 0 Å². The zero-order chi connectivity index (χ0) is 14.1. The maximum absolute atomic E-state index is 6.26. The van der Waals surface area contributed by atoms with Crippen LogP contribution in [0.5, 0.6) is 0 Å². The van der Waals surface area contributed by atoms with E-state index in [1.165, 1.54) is 0 Å². The van der Waals surface area contributed by atoms with Gasteiger partial charge in [0.15, 0.2) is 5.90 Å². The van der Waals surface area contributed by atoms with Gasteiger partial charge in [-0.2, -0.15) is 0 Å². The minimum Gasteiger partial charge on any atom is -0.533 e. The van der Waals surface area contributed by atoms with Crippen LogP contribution in [0.3, 0.4) is 0 Å². The molecule has 2 rings (SSSR count). The van der Waals surface area contributed by atoms with E-state index in [1.807, 2.05) is 23.2 Å². The van der Waals surface area contributed by atoms with Crippen molar-refractivity contribution in [2.24, 2.45) is 5.10 Å². The Kier molecular flexibility index (Phi) is 3.72. The highest BCUT2D eigenvalue weighted by atomic mass is 28.4. The minimum absolute atomic E-state index is 0.218. The lowest BCUT2D eigenvalue weighted by molar-refractivity contribution is 0.479. The van der Waals surface area contributed by atoms with E-state index in [1.54, 1.807) is 0 Å². The van der Waals surface area contributed by atoms with Crippen LogP contribution < -0.4 is 5.01 Å². The van der Waals surface area contributed by atoms with E-state index in [9.17, 15) is 0 Å². The summed E-state index contributed by atoms with van der Waals surface area (Å²) in [6.45, 7) is 12.2. The summed E-state index contributed by atoms with van der Waals surface area (Å²) >= 11 is 0. The molecule has 1 aliphatic rings. The van der Waals surface area contributed by atoms with Gasteiger partial charge in [0.2, 0.25) is 0 Å². The van der Waals surface area contributed by atoms with Crippen LogP contribution in [0.15, 0.2) is 35.4 Å². The maximum Gasteiger partial charge on any atom is 0.252 e.